The number of carbonyl (C=O) groups is 1. The van der Waals surface area contributed by atoms with Crippen LogP contribution in [-0.2, 0) is 10.2 Å². The van der Waals surface area contributed by atoms with E-state index in [-0.39, 0.29) is 30.8 Å². The number of aliphatic hydroxyl groups is 1. The molecule has 3 heterocycles. The zero-order valence-corrected chi connectivity index (χ0v) is 19.7. The fraction of sp³-hybridized carbons (Fsp3) is 0.478. The second kappa shape index (κ2) is 8.99. The topological polar surface area (TPSA) is 125 Å². The summed E-state index contributed by atoms with van der Waals surface area (Å²) in [7, 11) is 0. The number of fused-ring (bicyclic) bond motifs is 1. The van der Waals surface area contributed by atoms with Crippen molar-refractivity contribution in [1.29, 1.82) is 0 Å². The normalized spacial score (nSPS) is 19.0. The number of β-amino-alcohol motifs (C(OH)–C–C–N with tert-alkyl or cyclic N) is 1. The van der Waals surface area contributed by atoms with Crippen molar-refractivity contribution in [3.8, 4) is 11.6 Å². The first-order valence-corrected chi connectivity index (χ1v) is 11.1. The molecule has 0 spiro atoms. The molecule has 1 aliphatic rings. The molecular formula is C23H27F3N6O3. The minimum absolute atomic E-state index is 0.0107. The Hall–Kier alpha value is -3.41. The van der Waals surface area contributed by atoms with Crippen molar-refractivity contribution < 1.29 is 27.5 Å². The molecule has 0 radical (unpaired) electrons. The summed E-state index contributed by atoms with van der Waals surface area (Å²) in [6.45, 7) is 6.75. The molecule has 0 saturated carbocycles. The largest absolute Gasteiger partial charge is 0.405 e. The van der Waals surface area contributed by atoms with Crippen molar-refractivity contribution in [1.82, 2.24) is 20.5 Å². The smallest absolute Gasteiger partial charge is 0.402 e. The van der Waals surface area contributed by atoms with Gasteiger partial charge in [-0.2, -0.15) is 13.2 Å². The predicted octanol–water partition coefficient (Wildman–Crippen LogP) is 3.53. The number of piperidine rings is 1. The SMILES string of the molecule is Cc1cc(-c2nnc(N[C@H]3C[C@@H](O)CNC3=O)o2)nc2c(C(C)(C)C)cc(NCC(F)(F)F)cc12. The Bertz CT molecular complexity index is 1250. The first-order chi connectivity index (χ1) is 16.3. The Morgan fingerprint density at radius 2 is 1.94 bits per heavy atom. The lowest BCUT2D eigenvalue weighted by Gasteiger charge is -2.25. The molecule has 1 fully saturated rings. The summed E-state index contributed by atoms with van der Waals surface area (Å²) in [5.74, 6) is -0.159. The molecule has 188 valence electrons. The van der Waals surface area contributed by atoms with Gasteiger partial charge in [-0.3, -0.25) is 4.79 Å². The number of carbonyl (C=O) groups excluding carboxylic acids is 1. The summed E-state index contributed by atoms with van der Waals surface area (Å²) in [5, 5.41) is 26.3. The minimum Gasteiger partial charge on any atom is -0.402 e. The third kappa shape index (κ3) is 5.64. The number of hydrogen-bond donors (Lipinski definition) is 4. The van der Waals surface area contributed by atoms with E-state index in [9.17, 15) is 23.1 Å². The van der Waals surface area contributed by atoms with E-state index in [2.05, 4.69) is 26.1 Å². The number of nitrogens with zero attached hydrogens (tertiary/aromatic N) is 3. The number of pyridine rings is 1. The summed E-state index contributed by atoms with van der Waals surface area (Å²) in [4.78, 5) is 16.7. The number of benzene rings is 1. The highest BCUT2D eigenvalue weighted by Crippen LogP contribution is 2.35. The first-order valence-electron chi connectivity index (χ1n) is 11.1. The van der Waals surface area contributed by atoms with Crippen LogP contribution in [0.25, 0.3) is 22.5 Å². The first kappa shape index (κ1) is 24.7. The van der Waals surface area contributed by atoms with Crippen LogP contribution in [0.2, 0.25) is 0 Å². The van der Waals surface area contributed by atoms with Gasteiger partial charge in [0, 0.05) is 24.0 Å². The fourth-order valence-corrected chi connectivity index (χ4v) is 3.94. The molecule has 3 aromatic rings. The van der Waals surface area contributed by atoms with Gasteiger partial charge in [-0.05, 0) is 41.7 Å². The zero-order chi connectivity index (χ0) is 25.5. The molecule has 1 aliphatic heterocycles. The molecule has 1 aromatic carbocycles. The molecule has 9 nitrogen and oxygen atoms in total. The highest BCUT2D eigenvalue weighted by atomic mass is 19.4. The summed E-state index contributed by atoms with van der Waals surface area (Å²) < 4.78 is 44.0. The summed E-state index contributed by atoms with van der Waals surface area (Å²) >= 11 is 0. The second-order valence-corrected chi connectivity index (χ2v) is 9.71. The monoisotopic (exact) mass is 492 g/mol. The van der Waals surface area contributed by atoms with E-state index in [1.807, 2.05) is 27.7 Å². The zero-order valence-electron chi connectivity index (χ0n) is 19.7. The van der Waals surface area contributed by atoms with E-state index in [1.54, 1.807) is 18.2 Å². The molecule has 0 bridgehead atoms. The van der Waals surface area contributed by atoms with Gasteiger partial charge in [0.2, 0.25) is 5.91 Å². The van der Waals surface area contributed by atoms with Crippen LogP contribution in [0.15, 0.2) is 22.6 Å². The number of rotatable bonds is 5. The minimum atomic E-state index is -4.34. The van der Waals surface area contributed by atoms with Crippen molar-refractivity contribution in [2.24, 2.45) is 0 Å². The van der Waals surface area contributed by atoms with Gasteiger partial charge in [0.1, 0.15) is 18.3 Å². The molecular weight excluding hydrogens is 465 g/mol. The van der Waals surface area contributed by atoms with Crippen LogP contribution >= 0.6 is 0 Å². The number of amides is 1. The maximum absolute atomic E-state index is 12.8. The van der Waals surface area contributed by atoms with Crippen molar-refractivity contribution in [2.45, 2.75) is 57.9 Å². The van der Waals surface area contributed by atoms with Crippen molar-refractivity contribution >= 4 is 28.5 Å². The molecule has 4 N–H and O–H groups in total. The van der Waals surface area contributed by atoms with E-state index in [1.165, 1.54) is 0 Å². The number of alkyl halides is 3. The van der Waals surface area contributed by atoms with E-state index in [0.29, 0.717) is 22.3 Å². The van der Waals surface area contributed by atoms with Crippen LogP contribution in [0.5, 0.6) is 0 Å². The average Bonchev–Trinajstić information content (AvgIpc) is 3.22. The predicted molar refractivity (Wildman–Crippen MR) is 124 cm³/mol. The van der Waals surface area contributed by atoms with Crippen LogP contribution in [0.3, 0.4) is 0 Å². The quantitative estimate of drug-likeness (QED) is 0.426. The van der Waals surface area contributed by atoms with Gasteiger partial charge in [0.05, 0.1) is 11.6 Å². The second-order valence-electron chi connectivity index (χ2n) is 9.71. The lowest BCUT2D eigenvalue weighted by molar-refractivity contribution is -0.125. The maximum Gasteiger partial charge on any atom is 0.405 e. The summed E-state index contributed by atoms with van der Waals surface area (Å²) in [6, 6.07) is 4.34. The molecule has 12 heteroatoms. The molecule has 0 unspecified atom stereocenters. The van der Waals surface area contributed by atoms with Crippen LogP contribution in [0.4, 0.5) is 24.9 Å². The molecule has 2 atom stereocenters. The Labute approximate surface area is 199 Å². The third-order valence-electron chi connectivity index (χ3n) is 5.70. The van der Waals surface area contributed by atoms with E-state index in [4.69, 9.17) is 9.40 Å². The maximum atomic E-state index is 12.8. The Kier molecular flexibility index (Phi) is 6.34. The summed E-state index contributed by atoms with van der Waals surface area (Å²) in [5.41, 5.74) is 2.49. The number of anilines is 2. The number of hydrogen-bond acceptors (Lipinski definition) is 8. The highest BCUT2D eigenvalue weighted by molar-refractivity contribution is 5.91. The van der Waals surface area contributed by atoms with Crippen LogP contribution in [0, 0.1) is 6.92 Å². The molecule has 1 saturated heterocycles. The van der Waals surface area contributed by atoms with Crippen LogP contribution in [0.1, 0.15) is 38.3 Å². The highest BCUT2D eigenvalue weighted by Gasteiger charge is 2.30. The number of nitrogens with one attached hydrogen (secondary N) is 3. The number of halogens is 3. The molecule has 2 aromatic heterocycles. The van der Waals surface area contributed by atoms with Crippen molar-refractivity contribution in [3.63, 3.8) is 0 Å². The van der Waals surface area contributed by atoms with E-state index in [0.717, 1.165) is 11.1 Å². The van der Waals surface area contributed by atoms with Crippen LogP contribution < -0.4 is 16.0 Å². The summed E-state index contributed by atoms with van der Waals surface area (Å²) in [6.07, 6.45) is -4.81. The van der Waals surface area contributed by atoms with E-state index >= 15 is 0 Å². The third-order valence-corrected chi connectivity index (χ3v) is 5.70. The van der Waals surface area contributed by atoms with Gasteiger partial charge in [-0.1, -0.05) is 25.9 Å². The van der Waals surface area contributed by atoms with Gasteiger partial charge < -0.3 is 25.5 Å². The van der Waals surface area contributed by atoms with Gasteiger partial charge in [-0.15, -0.1) is 5.10 Å². The molecule has 0 aliphatic carbocycles. The average molecular weight is 493 g/mol. The lowest BCUT2D eigenvalue weighted by Crippen LogP contribution is -2.50. The Morgan fingerprint density at radius 3 is 2.63 bits per heavy atom. The van der Waals surface area contributed by atoms with Gasteiger partial charge in [0.25, 0.3) is 5.89 Å². The number of aryl methyl sites for hydroxylation is 1. The number of aromatic nitrogens is 3. The van der Waals surface area contributed by atoms with Crippen molar-refractivity contribution in [2.75, 3.05) is 23.7 Å². The molecule has 4 rings (SSSR count). The molecule has 1 amide bonds. The Morgan fingerprint density at radius 1 is 1.20 bits per heavy atom. The van der Waals surface area contributed by atoms with E-state index < -0.39 is 30.3 Å². The lowest BCUT2D eigenvalue weighted by atomic mass is 9.84. The van der Waals surface area contributed by atoms with Gasteiger partial charge in [0.15, 0.2) is 0 Å². The van der Waals surface area contributed by atoms with Crippen molar-refractivity contribution in [3.05, 3.63) is 29.3 Å². The number of aliphatic hydroxyl groups excluding tert-OH is 1. The standard InChI is InChI=1S/C23H27F3N6O3/c1-11-5-17(20-31-32-21(35-20)30-16-8-13(33)9-27-19(16)34)29-18-14(11)6-12(28-10-23(24,25)26)7-15(18)22(2,3)4/h5-7,13,16,28,33H,8-10H2,1-4H3,(H,27,34)(H,30,32)/t13-,16+/m1/s1. The van der Waals surface area contributed by atoms with Gasteiger partial charge in [-0.25, -0.2) is 4.98 Å². The fourth-order valence-electron chi connectivity index (χ4n) is 3.94. The van der Waals surface area contributed by atoms with Gasteiger partial charge >= 0.3 is 12.2 Å². The Balaban J connectivity index is 1.69. The van der Waals surface area contributed by atoms with Crippen LogP contribution in [-0.4, -0.2) is 57.6 Å². The molecule has 35 heavy (non-hydrogen) atoms.